The summed E-state index contributed by atoms with van der Waals surface area (Å²) in [6.45, 7) is -0.0282. The van der Waals surface area contributed by atoms with Crippen LogP contribution in [-0.2, 0) is 6.54 Å². The first-order valence-corrected chi connectivity index (χ1v) is 9.45. The van der Waals surface area contributed by atoms with Crippen LogP contribution in [0.1, 0.15) is 26.4 Å². The number of halogens is 3. The van der Waals surface area contributed by atoms with Crippen LogP contribution in [0.4, 0.5) is 9.39 Å². The molecular formula is C18H12Cl2FN3O3S. The van der Waals surface area contributed by atoms with Gasteiger partial charge >= 0.3 is 0 Å². The van der Waals surface area contributed by atoms with E-state index in [2.05, 4.69) is 15.6 Å². The third-order valence-corrected chi connectivity index (χ3v) is 5.00. The molecule has 2 aromatic carbocycles. The fourth-order valence-electron chi connectivity index (χ4n) is 2.27. The predicted molar refractivity (Wildman–Crippen MR) is 106 cm³/mol. The zero-order chi connectivity index (χ0) is 20.3. The third-order valence-electron chi connectivity index (χ3n) is 3.69. The minimum Gasteiger partial charge on any atom is -0.505 e. The maximum Gasteiger partial charge on any atom is 0.273 e. The van der Waals surface area contributed by atoms with Crippen LogP contribution in [0, 0.1) is 5.82 Å². The Bertz CT molecular complexity index is 1040. The highest BCUT2D eigenvalue weighted by Gasteiger charge is 2.19. The van der Waals surface area contributed by atoms with Gasteiger partial charge in [0.05, 0.1) is 15.6 Å². The summed E-state index contributed by atoms with van der Waals surface area (Å²) in [5.74, 6) is -1.92. The summed E-state index contributed by atoms with van der Waals surface area (Å²) in [7, 11) is 0. The minimum absolute atomic E-state index is 0.00865. The Morgan fingerprint density at radius 1 is 1.14 bits per heavy atom. The average Bonchev–Trinajstić information content (AvgIpc) is 3.13. The third kappa shape index (κ3) is 4.41. The molecule has 3 N–H and O–H groups in total. The van der Waals surface area contributed by atoms with Gasteiger partial charge in [0.15, 0.2) is 11.4 Å². The van der Waals surface area contributed by atoms with E-state index in [1.54, 1.807) is 18.2 Å². The number of thiazole rings is 1. The number of aromatic hydroxyl groups is 1. The lowest BCUT2D eigenvalue weighted by Crippen LogP contribution is -2.25. The molecule has 1 heterocycles. The van der Waals surface area contributed by atoms with Crippen LogP contribution in [-0.4, -0.2) is 21.9 Å². The number of hydrogen-bond donors (Lipinski definition) is 3. The molecule has 0 aliphatic rings. The van der Waals surface area contributed by atoms with Gasteiger partial charge in [-0.3, -0.25) is 9.59 Å². The molecule has 0 fully saturated rings. The van der Waals surface area contributed by atoms with Crippen molar-refractivity contribution in [2.24, 2.45) is 0 Å². The lowest BCUT2D eigenvalue weighted by Gasteiger charge is -2.08. The van der Waals surface area contributed by atoms with Gasteiger partial charge in [-0.2, -0.15) is 0 Å². The summed E-state index contributed by atoms with van der Waals surface area (Å²) in [6, 6.07) is 8.55. The number of nitrogens with one attached hydrogen (secondary N) is 2. The molecule has 0 atom stereocenters. The van der Waals surface area contributed by atoms with Gasteiger partial charge in [0.1, 0.15) is 10.8 Å². The Hall–Kier alpha value is -2.68. The van der Waals surface area contributed by atoms with Gasteiger partial charge in [-0.1, -0.05) is 41.4 Å². The maximum absolute atomic E-state index is 13.7. The number of hydrogen-bond acceptors (Lipinski definition) is 5. The summed E-state index contributed by atoms with van der Waals surface area (Å²) >= 11 is 12.7. The maximum atomic E-state index is 13.7. The molecule has 144 valence electrons. The highest BCUT2D eigenvalue weighted by Crippen LogP contribution is 2.33. The highest BCUT2D eigenvalue weighted by molar-refractivity contribution is 7.14. The molecule has 28 heavy (non-hydrogen) atoms. The summed E-state index contributed by atoms with van der Waals surface area (Å²) in [4.78, 5) is 28.7. The zero-order valence-electron chi connectivity index (χ0n) is 14.0. The number of carbonyl (C=O) groups is 2. The Morgan fingerprint density at radius 2 is 1.82 bits per heavy atom. The summed E-state index contributed by atoms with van der Waals surface area (Å²) in [5, 5.41) is 14.7. The molecule has 0 unspecified atom stereocenters. The van der Waals surface area contributed by atoms with Gasteiger partial charge in [-0.15, -0.1) is 11.3 Å². The van der Waals surface area contributed by atoms with Crippen LogP contribution in [0.3, 0.4) is 0 Å². The van der Waals surface area contributed by atoms with Crippen molar-refractivity contribution in [3.05, 3.63) is 74.6 Å². The van der Waals surface area contributed by atoms with E-state index >= 15 is 0 Å². The van der Waals surface area contributed by atoms with E-state index in [4.69, 9.17) is 23.2 Å². The number of carbonyl (C=O) groups excluding carboxylic acids is 2. The molecule has 6 nitrogen and oxygen atoms in total. The van der Waals surface area contributed by atoms with E-state index in [0.717, 1.165) is 11.3 Å². The molecule has 2 amide bonds. The molecular weight excluding hydrogens is 428 g/mol. The SMILES string of the molecule is O=C(Nc1scnc1C(=O)NCc1ccccc1F)c1cc(Cl)c(O)c(Cl)c1. The highest BCUT2D eigenvalue weighted by atomic mass is 35.5. The topological polar surface area (TPSA) is 91.3 Å². The van der Waals surface area contributed by atoms with Gasteiger partial charge in [0, 0.05) is 17.7 Å². The molecule has 3 rings (SSSR count). The molecule has 0 bridgehead atoms. The number of benzene rings is 2. The Morgan fingerprint density at radius 3 is 2.50 bits per heavy atom. The lowest BCUT2D eigenvalue weighted by atomic mass is 10.2. The number of phenolic OH excluding ortho intramolecular Hbond substituents is 1. The van der Waals surface area contributed by atoms with Crippen LogP contribution < -0.4 is 10.6 Å². The standard InChI is InChI=1S/C18H12Cl2FN3O3S/c19-11-5-10(6-12(20)15(11)25)16(26)24-18-14(23-8-28-18)17(27)22-7-9-3-1-2-4-13(9)21/h1-6,8,25H,7H2,(H,22,27)(H,24,26). The van der Waals surface area contributed by atoms with Crippen molar-refractivity contribution in [2.75, 3.05) is 5.32 Å². The van der Waals surface area contributed by atoms with Gasteiger partial charge in [-0.25, -0.2) is 9.37 Å². The smallest absolute Gasteiger partial charge is 0.273 e. The van der Waals surface area contributed by atoms with Gasteiger partial charge in [0.25, 0.3) is 11.8 Å². The van der Waals surface area contributed by atoms with Crippen LogP contribution >= 0.6 is 34.5 Å². The fraction of sp³-hybridized carbons (Fsp3) is 0.0556. The first-order valence-electron chi connectivity index (χ1n) is 7.81. The van der Waals surface area contributed by atoms with Crippen LogP contribution in [0.5, 0.6) is 5.75 Å². The van der Waals surface area contributed by atoms with Crippen molar-refractivity contribution >= 4 is 51.4 Å². The van der Waals surface area contributed by atoms with Crippen molar-refractivity contribution in [1.82, 2.24) is 10.3 Å². The molecule has 0 saturated heterocycles. The van der Waals surface area contributed by atoms with Crippen LogP contribution in [0.25, 0.3) is 0 Å². The van der Waals surface area contributed by atoms with E-state index in [0.29, 0.717) is 5.56 Å². The molecule has 0 aliphatic heterocycles. The van der Waals surface area contributed by atoms with Gasteiger partial charge in [0.2, 0.25) is 0 Å². The Labute approximate surface area is 172 Å². The largest absolute Gasteiger partial charge is 0.505 e. The quantitative estimate of drug-likeness (QED) is 0.546. The first kappa shape index (κ1) is 20.1. The molecule has 0 saturated carbocycles. The number of amides is 2. The van der Waals surface area contributed by atoms with Gasteiger partial charge < -0.3 is 15.7 Å². The summed E-state index contributed by atoms with van der Waals surface area (Å²) in [5.41, 5.74) is 1.80. The minimum atomic E-state index is -0.587. The molecule has 3 aromatic rings. The normalized spacial score (nSPS) is 10.5. The molecule has 10 heteroatoms. The summed E-state index contributed by atoms with van der Waals surface area (Å²) in [6.07, 6.45) is 0. The average molecular weight is 440 g/mol. The van der Waals surface area contributed by atoms with E-state index in [-0.39, 0.29) is 38.6 Å². The van der Waals surface area contributed by atoms with Crippen molar-refractivity contribution in [3.8, 4) is 5.75 Å². The van der Waals surface area contributed by atoms with E-state index in [1.165, 1.54) is 23.7 Å². The second-order valence-electron chi connectivity index (χ2n) is 5.55. The van der Waals surface area contributed by atoms with Crippen molar-refractivity contribution in [1.29, 1.82) is 0 Å². The number of nitrogens with zero attached hydrogens (tertiary/aromatic N) is 1. The van der Waals surface area contributed by atoms with Crippen molar-refractivity contribution in [3.63, 3.8) is 0 Å². The van der Waals surface area contributed by atoms with Crippen molar-refractivity contribution < 1.29 is 19.1 Å². The van der Waals surface area contributed by atoms with Crippen molar-refractivity contribution in [2.45, 2.75) is 6.54 Å². The Balaban J connectivity index is 1.72. The zero-order valence-corrected chi connectivity index (χ0v) is 16.3. The molecule has 1 aromatic heterocycles. The summed E-state index contributed by atoms with van der Waals surface area (Å²) < 4.78 is 13.7. The predicted octanol–water partition coefficient (Wildman–Crippen LogP) is 4.48. The monoisotopic (exact) mass is 439 g/mol. The molecule has 0 spiro atoms. The number of anilines is 1. The number of aromatic nitrogens is 1. The Kier molecular flexibility index (Phi) is 6.13. The first-order chi connectivity index (χ1) is 13.4. The van der Waals surface area contributed by atoms with E-state index in [9.17, 15) is 19.1 Å². The van der Waals surface area contributed by atoms with Crippen LogP contribution in [0.15, 0.2) is 41.9 Å². The van der Waals surface area contributed by atoms with Crippen LogP contribution in [0.2, 0.25) is 10.0 Å². The molecule has 0 aliphatic carbocycles. The molecule has 0 radical (unpaired) electrons. The van der Waals surface area contributed by atoms with Gasteiger partial charge in [-0.05, 0) is 18.2 Å². The number of rotatable bonds is 5. The van der Waals surface area contributed by atoms with E-state index in [1.807, 2.05) is 0 Å². The fourth-order valence-corrected chi connectivity index (χ4v) is 3.43. The second kappa shape index (κ2) is 8.55. The second-order valence-corrected chi connectivity index (χ2v) is 7.22. The number of phenols is 1. The van der Waals surface area contributed by atoms with E-state index < -0.39 is 17.6 Å². The lowest BCUT2D eigenvalue weighted by molar-refractivity contribution is 0.0947.